The van der Waals surface area contributed by atoms with Crippen LogP contribution < -0.4 is 5.73 Å². The first-order valence-corrected chi connectivity index (χ1v) is 6.22. The van der Waals surface area contributed by atoms with E-state index >= 15 is 0 Å². The van der Waals surface area contributed by atoms with Crippen LogP contribution in [0.3, 0.4) is 0 Å². The van der Waals surface area contributed by atoms with Gasteiger partial charge in [0, 0.05) is 0 Å². The third-order valence-corrected chi connectivity index (χ3v) is 2.96. The van der Waals surface area contributed by atoms with Crippen molar-refractivity contribution in [3.8, 4) is 0 Å². The lowest BCUT2D eigenvalue weighted by Crippen LogP contribution is -2.36. The van der Waals surface area contributed by atoms with E-state index in [-0.39, 0.29) is 5.82 Å². The molecule has 2 atom stereocenters. The van der Waals surface area contributed by atoms with Crippen LogP contribution in [0, 0.1) is 17.7 Å². The zero-order chi connectivity index (χ0) is 13.1. The first-order valence-electron chi connectivity index (χ1n) is 6.22. The Kier molecular flexibility index (Phi) is 4.63. The Morgan fingerprint density at radius 3 is 2.47 bits per heavy atom. The number of nitrogens with two attached hydrogens (primary N) is 1. The summed E-state index contributed by atoms with van der Waals surface area (Å²) in [5.74, 6) is 0.888. The van der Waals surface area contributed by atoms with Crippen molar-refractivity contribution >= 4 is 0 Å². The van der Waals surface area contributed by atoms with Gasteiger partial charge in [-0.1, -0.05) is 20.8 Å². The van der Waals surface area contributed by atoms with Crippen LogP contribution in [0.25, 0.3) is 0 Å². The van der Waals surface area contributed by atoms with E-state index < -0.39 is 5.54 Å². The summed E-state index contributed by atoms with van der Waals surface area (Å²) in [5.41, 5.74) is 6.55. The molecule has 96 valence electrons. The molecule has 1 aromatic rings. The fourth-order valence-corrected chi connectivity index (χ4v) is 2.43. The van der Waals surface area contributed by atoms with Gasteiger partial charge in [-0.15, -0.1) is 0 Å². The Morgan fingerprint density at radius 2 is 2.00 bits per heavy atom. The Hall–Kier alpha value is -0.960. The summed E-state index contributed by atoms with van der Waals surface area (Å²) in [5, 5.41) is 0. The second-order valence-electron chi connectivity index (χ2n) is 5.72. The van der Waals surface area contributed by atoms with Crippen LogP contribution in [-0.4, -0.2) is 4.98 Å². The fraction of sp³-hybridized carbons (Fsp3) is 0.643. The molecule has 0 bridgehead atoms. The van der Waals surface area contributed by atoms with E-state index in [2.05, 4.69) is 25.8 Å². The van der Waals surface area contributed by atoms with Gasteiger partial charge >= 0.3 is 0 Å². The van der Waals surface area contributed by atoms with Crippen LogP contribution in [0.2, 0.25) is 0 Å². The van der Waals surface area contributed by atoms with Crippen LogP contribution in [0.1, 0.15) is 46.2 Å². The largest absolute Gasteiger partial charge is 0.320 e. The number of pyridine rings is 1. The van der Waals surface area contributed by atoms with Crippen molar-refractivity contribution in [1.82, 2.24) is 4.98 Å². The number of aromatic nitrogens is 1. The molecule has 1 rings (SSSR count). The highest BCUT2D eigenvalue weighted by Gasteiger charge is 2.25. The average Bonchev–Trinajstić information content (AvgIpc) is 2.15. The lowest BCUT2D eigenvalue weighted by Gasteiger charge is -2.28. The molecule has 0 fully saturated rings. The molecule has 0 radical (unpaired) electrons. The summed E-state index contributed by atoms with van der Waals surface area (Å²) >= 11 is 0. The van der Waals surface area contributed by atoms with E-state index in [0.717, 1.165) is 18.5 Å². The molecule has 17 heavy (non-hydrogen) atoms. The van der Waals surface area contributed by atoms with Gasteiger partial charge in [-0.25, -0.2) is 4.39 Å². The molecule has 0 aliphatic rings. The molecule has 3 heteroatoms. The van der Waals surface area contributed by atoms with E-state index in [9.17, 15) is 4.39 Å². The van der Waals surface area contributed by atoms with Gasteiger partial charge in [0.05, 0.1) is 17.4 Å². The van der Waals surface area contributed by atoms with Crippen molar-refractivity contribution in [2.75, 3.05) is 0 Å². The molecule has 0 spiro atoms. The fourth-order valence-electron chi connectivity index (χ4n) is 2.43. The Labute approximate surface area is 103 Å². The van der Waals surface area contributed by atoms with Crippen molar-refractivity contribution in [2.24, 2.45) is 17.6 Å². The van der Waals surface area contributed by atoms with Crippen LogP contribution in [0.15, 0.2) is 18.3 Å². The minimum absolute atomic E-state index is 0.320. The lowest BCUT2D eigenvalue weighted by molar-refractivity contribution is 0.315. The van der Waals surface area contributed by atoms with Gasteiger partial charge in [-0.2, -0.15) is 0 Å². The van der Waals surface area contributed by atoms with Gasteiger partial charge in [-0.3, -0.25) is 4.98 Å². The number of hydrogen-bond donors (Lipinski definition) is 1. The first kappa shape index (κ1) is 14.1. The maximum Gasteiger partial charge on any atom is 0.141 e. The normalized spacial score (nSPS) is 16.9. The smallest absolute Gasteiger partial charge is 0.141 e. The Bertz CT molecular complexity index is 344. The van der Waals surface area contributed by atoms with Crippen LogP contribution in [0.5, 0.6) is 0 Å². The number of nitrogens with zero attached hydrogens (tertiary/aromatic N) is 1. The minimum Gasteiger partial charge on any atom is -0.320 e. The number of rotatable bonds is 5. The van der Waals surface area contributed by atoms with Crippen LogP contribution in [0.4, 0.5) is 4.39 Å². The van der Waals surface area contributed by atoms with Crippen molar-refractivity contribution in [3.63, 3.8) is 0 Å². The van der Waals surface area contributed by atoms with Gasteiger partial charge in [0.2, 0.25) is 0 Å². The number of halogens is 1. The van der Waals surface area contributed by atoms with E-state index in [1.807, 2.05) is 6.92 Å². The molecule has 1 aromatic heterocycles. The zero-order valence-electron chi connectivity index (χ0n) is 11.2. The monoisotopic (exact) mass is 238 g/mol. The summed E-state index contributed by atoms with van der Waals surface area (Å²) in [6.45, 7) is 8.58. The zero-order valence-corrected chi connectivity index (χ0v) is 11.2. The third-order valence-electron chi connectivity index (χ3n) is 2.96. The highest BCUT2D eigenvalue weighted by atomic mass is 19.1. The van der Waals surface area contributed by atoms with E-state index in [1.165, 1.54) is 12.3 Å². The quantitative estimate of drug-likeness (QED) is 0.853. The molecular formula is C14H23FN2. The summed E-state index contributed by atoms with van der Waals surface area (Å²) in [6, 6.07) is 3.10. The molecule has 0 aliphatic carbocycles. The number of hydrogen-bond acceptors (Lipinski definition) is 2. The summed E-state index contributed by atoms with van der Waals surface area (Å²) in [4.78, 5) is 4.08. The van der Waals surface area contributed by atoms with Crippen molar-refractivity contribution in [1.29, 1.82) is 0 Å². The van der Waals surface area contributed by atoms with E-state index in [0.29, 0.717) is 11.8 Å². The molecule has 0 amide bonds. The van der Waals surface area contributed by atoms with Crippen LogP contribution in [-0.2, 0) is 5.54 Å². The predicted octanol–water partition coefficient (Wildman–Crippen LogP) is 3.47. The van der Waals surface area contributed by atoms with Crippen molar-refractivity contribution in [3.05, 3.63) is 29.8 Å². The van der Waals surface area contributed by atoms with Gasteiger partial charge < -0.3 is 5.73 Å². The summed E-state index contributed by atoms with van der Waals surface area (Å²) < 4.78 is 12.8. The highest BCUT2D eigenvalue weighted by molar-refractivity contribution is 5.14. The van der Waals surface area contributed by atoms with Gasteiger partial charge in [0.1, 0.15) is 5.82 Å². The Morgan fingerprint density at radius 1 is 1.35 bits per heavy atom. The van der Waals surface area contributed by atoms with Gasteiger partial charge in [-0.05, 0) is 43.7 Å². The molecular weight excluding hydrogens is 215 g/mol. The molecule has 0 saturated carbocycles. The summed E-state index contributed by atoms with van der Waals surface area (Å²) in [7, 11) is 0. The average molecular weight is 238 g/mol. The van der Waals surface area contributed by atoms with Crippen molar-refractivity contribution < 1.29 is 4.39 Å². The molecule has 0 aliphatic heterocycles. The standard InChI is InChI=1S/C14H23FN2/c1-10(2)7-11(3)8-14(4,16)13-6-5-12(15)9-17-13/h5-6,9-11H,7-8,16H2,1-4H3. The lowest BCUT2D eigenvalue weighted by atomic mass is 9.84. The topological polar surface area (TPSA) is 38.9 Å². The SMILES string of the molecule is CC(C)CC(C)CC(C)(N)c1ccc(F)cn1. The molecule has 2 N–H and O–H groups in total. The highest BCUT2D eigenvalue weighted by Crippen LogP contribution is 2.27. The van der Waals surface area contributed by atoms with Crippen molar-refractivity contribution in [2.45, 2.75) is 46.1 Å². The molecule has 0 saturated heterocycles. The molecule has 1 heterocycles. The molecule has 2 nitrogen and oxygen atoms in total. The minimum atomic E-state index is -0.484. The maximum absolute atomic E-state index is 12.8. The molecule has 0 aromatic carbocycles. The first-order chi connectivity index (χ1) is 7.81. The molecule has 2 unspecified atom stereocenters. The second kappa shape index (κ2) is 5.58. The van der Waals surface area contributed by atoms with E-state index in [4.69, 9.17) is 5.73 Å². The van der Waals surface area contributed by atoms with E-state index in [1.54, 1.807) is 6.07 Å². The van der Waals surface area contributed by atoms with Gasteiger partial charge in [0.15, 0.2) is 0 Å². The predicted molar refractivity (Wildman–Crippen MR) is 69.0 cm³/mol. The third kappa shape index (κ3) is 4.43. The second-order valence-corrected chi connectivity index (χ2v) is 5.72. The maximum atomic E-state index is 12.8. The van der Waals surface area contributed by atoms with Crippen LogP contribution >= 0.6 is 0 Å². The van der Waals surface area contributed by atoms with Gasteiger partial charge in [0.25, 0.3) is 0 Å². The summed E-state index contributed by atoms with van der Waals surface area (Å²) in [6.07, 6.45) is 3.24. The Balaban J connectivity index is 2.70.